The van der Waals surface area contributed by atoms with Crippen molar-refractivity contribution in [1.29, 1.82) is 0 Å². The van der Waals surface area contributed by atoms with E-state index in [1.54, 1.807) is 6.07 Å². The molecule has 1 unspecified atom stereocenters. The van der Waals surface area contributed by atoms with Crippen molar-refractivity contribution in [2.45, 2.75) is 18.2 Å². The van der Waals surface area contributed by atoms with Crippen LogP contribution in [0, 0.1) is 12.7 Å². The molecule has 0 radical (unpaired) electrons. The van der Waals surface area contributed by atoms with Gasteiger partial charge in [-0.05, 0) is 48.2 Å². The van der Waals surface area contributed by atoms with Gasteiger partial charge in [0.15, 0.2) is 0 Å². The first-order valence-electron chi connectivity index (χ1n) is 5.71. The van der Waals surface area contributed by atoms with E-state index < -0.39 is 0 Å². The summed E-state index contributed by atoms with van der Waals surface area (Å²) in [5.74, 6) is -0.214. The molecule has 3 heteroatoms. The van der Waals surface area contributed by atoms with E-state index in [-0.39, 0.29) is 10.6 Å². The standard InChI is InChI=1S/C15H13Br2F/c1-10-4-2-3-5-11(10)8-15(17)12-6-13(16)9-14(18)7-12/h2-7,9,15H,8H2,1H3. The maximum absolute atomic E-state index is 13.4. The topological polar surface area (TPSA) is 0 Å². The predicted octanol–water partition coefficient (Wildman–Crippen LogP) is 5.58. The molecular formula is C15H13Br2F. The van der Waals surface area contributed by atoms with Crippen molar-refractivity contribution in [2.75, 3.05) is 0 Å². The van der Waals surface area contributed by atoms with E-state index in [9.17, 15) is 4.39 Å². The Balaban J connectivity index is 2.22. The summed E-state index contributed by atoms with van der Waals surface area (Å²) in [4.78, 5) is 0.116. The third-order valence-corrected chi connectivity index (χ3v) is 4.22. The minimum atomic E-state index is -0.214. The third kappa shape index (κ3) is 3.42. The van der Waals surface area contributed by atoms with Crippen molar-refractivity contribution in [3.8, 4) is 0 Å². The Morgan fingerprint density at radius 2 is 1.89 bits per heavy atom. The lowest BCUT2D eigenvalue weighted by Gasteiger charge is -2.13. The van der Waals surface area contributed by atoms with Crippen LogP contribution in [-0.2, 0) is 6.42 Å². The highest BCUT2D eigenvalue weighted by Crippen LogP contribution is 2.30. The molecule has 2 aromatic rings. The fraction of sp³-hybridized carbons (Fsp3) is 0.200. The number of hydrogen-bond donors (Lipinski definition) is 0. The maximum atomic E-state index is 13.4. The second-order valence-corrected chi connectivity index (χ2v) is 6.32. The molecule has 94 valence electrons. The first kappa shape index (κ1) is 13.8. The molecule has 2 rings (SSSR count). The summed E-state index contributed by atoms with van der Waals surface area (Å²) in [5, 5.41) is 0. The summed E-state index contributed by atoms with van der Waals surface area (Å²) < 4.78 is 14.1. The van der Waals surface area contributed by atoms with Crippen LogP contribution < -0.4 is 0 Å². The molecule has 1 atom stereocenters. The van der Waals surface area contributed by atoms with Gasteiger partial charge >= 0.3 is 0 Å². The van der Waals surface area contributed by atoms with Gasteiger partial charge in [0.2, 0.25) is 0 Å². The largest absolute Gasteiger partial charge is 0.207 e. The highest BCUT2D eigenvalue weighted by atomic mass is 79.9. The molecule has 2 aromatic carbocycles. The molecule has 0 aliphatic heterocycles. The molecule has 0 saturated carbocycles. The van der Waals surface area contributed by atoms with Crippen LogP contribution in [0.4, 0.5) is 4.39 Å². The Kier molecular flexibility index (Phi) is 4.57. The van der Waals surface area contributed by atoms with E-state index in [4.69, 9.17) is 0 Å². The molecule has 0 nitrogen and oxygen atoms in total. The van der Waals surface area contributed by atoms with Gasteiger partial charge in [-0.15, -0.1) is 0 Å². The summed E-state index contributed by atoms with van der Waals surface area (Å²) in [7, 11) is 0. The number of hydrogen-bond acceptors (Lipinski definition) is 0. The van der Waals surface area contributed by atoms with Gasteiger partial charge in [0.25, 0.3) is 0 Å². The average molecular weight is 372 g/mol. The van der Waals surface area contributed by atoms with Crippen LogP contribution in [0.25, 0.3) is 0 Å². The van der Waals surface area contributed by atoms with Crippen molar-refractivity contribution >= 4 is 31.9 Å². The number of aryl methyl sites for hydroxylation is 1. The molecule has 0 heterocycles. The molecule has 0 fully saturated rings. The van der Waals surface area contributed by atoms with E-state index >= 15 is 0 Å². The molecular weight excluding hydrogens is 359 g/mol. The van der Waals surface area contributed by atoms with E-state index in [1.165, 1.54) is 17.2 Å². The fourth-order valence-electron chi connectivity index (χ4n) is 1.91. The smallest absolute Gasteiger partial charge is 0.124 e. The summed E-state index contributed by atoms with van der Waals surface area (Å²) in [5.41, 5.74) is 3.49. The van der Waals surface area contributed by atoms with Gasteiger partial charge in [-0.2, -0.15) is 0 Å². The number of benzene rings is 2. The summed E-state index contributed by atoms with van der Waals surface area (Å²) in [6.45, 7) is 2.09. The molecule has 0 bridgehead atoms. The summed E-state index contributed by atoms with van der Waals surface area (Å²) in [6, 6.07) is 13.2. The van der Waals surface area contributed by atoms with Crippen molar-refractivity contribution in [2.24, 2.45) is 0 Å². The zero-order valence-corrected chi connectivity index (χ0v) is 13.1. The Bertz CT molecular complexity index is 532. The van der Waals surface area contributed by atoms with Gasteiger partial charge in [0.05, 0.1) is 0 Å². The van der Waals surface area contributed by atoms with Crippen molar-refractivity contribution in [3.63, 3.8) is 0 Å². The van der Waals surface area contributed by atoms with Gasteiger partial charge in [0, 0.05) is 9.30 Å². The van der Waals surface area contributed by atoms with Crippen LogP contribution in [0.2, 0.25) is 0 Å². The van der Waals surface area contributed by atoms with Crippen LogP contribution in [0.5, 0.6) is 0 Å². The number of rotatable bonds is 3. The first-order valence-corrected chi connectivity index (χ1v) is 7.41. The van der Waals surface area contributed by atoms with Crippen LogP contribution >= 0.6 is 31.9 Å². The SMILES string of the molecule is Cc1ccccc1CC(Br)c1cc(F)cc(Br)c1. The Morgan fingerprint density at radius 3 is 2.56 bits per heavy atom. The molecule has 0 saturated heterocycles. The van der Waals surface area contributed by atoms with Gasteiger partial charge in [-0.1, -0.05) is 56.1 Å². The van der Waals surface area contributed by atoms with Crippen LogP contribution in [-0.4, -0.2) is 0 Å². The highest BCUT2D eigenvalue weighted by molar-refractivity contribution is 9.10. The summed E-state index contributed by atoms with van der Waals surface area (Å²) in [6.07, 6.45) is 0.850. The quantitative estimate of drug-likeness (QED) is 0.618. The number of alkyl halides is 1. The van der Waals surface area contributed by atoms with Gasteiger partial charge in [-0.25, -0.2) is 4.39 Å². The summed E-state index contributed by atoms with van der Waals surface area (Å²) >= 11 is 6.96. The van der Waals surface area contributed by atoms with Crippen molar-refractivity contribution in [1.82, 2.24) is 0 Å². The zero-order chi connectivity index (χ0) is 13.1. The monoisotopic (exact) mass is 370 g/mol. The van der Waals surface area contributed by atoms with Gasteiger partial charge < -0.3 is 0 Å². The fourth-order valence-corrected chi connectivity index (χ4v) is 3.00. The molecule has 0 aromatic heterocycles. The van der Waals surface area contributed by atoms with E-state index in [2.05, 4.69) is 50.9 Å². The van der Waals surface area contributed by atoms with Gasteiger partial charge in [-0.3, -0.25) is 0 Å². The highest BCUT2D eigenvalue weighted by Gasteiger charge is 2.11. The minimum absolute atomic E-state index is 0.116. The van der Waals surface area contributed by atoms with Gasteiger partial charge in [0.1, 0.15) is 5.82 Å². The Labute approximate surface area is 123 Å². The molecule has 0 aliphatic rings. The lowest BCUT2D eigenvalue weighted by Crippen LogP contribution is -1.98. The maximum Gasteiger partial charge on any atom is 0.124 e. The average Bonchev–Trinajstić information content (AvgIpc) is 2.31. The second kappa shape index (κ2) is 5.98. The van der Waals surface area contributed by atoms with E-state index in [0.717, 1.165) is 16.5 Å². The second-order valence-electron chi connectivity index (χ2n) is 4.30. The zero-order valence-electron chi connectivity index (χ0n) is 9.96. The molecule has 0 aliphatic carbocycles. The lowest BCUT2D eigenvalue weighted by molar-refractivity contribution is 0.624. The predicted molar refractivity (Wildman–Crippen MR) is 80.7 cm³/mol. The lowest BCUT2D eigenvalue weighted by atomic mass is 10.0. The van der Waals surface area contributed by atoms with Crippen LogP contribution in [0.15, 0.2) is 46.9 Å². The Morgan fingerprint density at radius 1 is 1.17 bits per heavy atom. The molecule has 0 N–H and O–H groups in total. The van der Waals surface area contributed by atoms with E-state index in [0.29, 0.717) is 0 Å². The minimum Gasteiger partial charge on any atom is -0.207 e. The van der Waals surface area contributed by atoms with Crippen LogP contribution in [0.3, 0.4) is 0 Å². The van der Waals surface area contributed by atoms with Crippen molar-refractivity contribution in [3.05, 3.63) is 69.4 Å². The Hall–Kier alpha value is -0.670. The third-order valence-electron chi connectivity index (χ3n) is 2.91. The first-order chi connectivity index (χ1) is 8.56. The molecule has 18 heavy (non-hydrogen) atoms. The van der Waals surface area contributed by atoms with Crippen molar-refractivity contribution < 1.29 is 4.39 Å². The normalized spacial score (nSPS) is 12.4. The van der Waals surface area contributed by atoms with E-state index in [1.807, 2.05) is 18.2 Å². The molecule has 0 spiro atoms. The molecule has 0 amide bonds. The number of halogens is 3. The van der Waals surface area contributed by atoms with Crippen LogP contribution in [0.1, 0.15) is 21.5 Å².